The molecule has 3 aromatic rings. The number of ether oxygens (including phenoxy) is 1. The lowest BCUT2D eigenvalue weighted by molar-refractivity contribution is -0.137. The molecule has 3 heterocycles. The summed E-state index contributed by atoms with van der Waals surface area (Å²) in [5.74, 6) is 0.172. The van der Waals surface area contributed by atoms with Gasteiger partial charge in [0, 0.05) is 30.3 Å². The molecule has 1 aromatic carbocycles. The van der Waals surface area contributed by atoms with E-state index in [-0.39, 0.29) is 17.5 Å². The number of hydrogen-bond acceptors (Lipinski definition) is 6. The second-order valence-corrected chi connectivity index (χ2v) is 8.15. The molecule has 0 saturated carbocycles. The van der Waals surface area contributed by atoms with Gasteiger partial charge in [0.15, 0.2) is 11.0 Å². The van der Waals surface area contributed by atoms with Gasteiger partial charge < -0.3 is 10.1 Å². The third-order valence-electron chi connectivity index (χ3n) is 4.87. The summed E-state index contributed by atoms with van der Waals surface area (Å²) >= 11 is 1.17. The SMILES string of the molecule is O=C(CSc1nnc(-c2ccncc2)n1C[C@@H]1CCCO1)Nc1cccc(C(F)(F)F)c1. The fraction of sp³-hybridized carbons (Fsp3) is 0.333. The summed E-state index contributed by atoms with van der Waals surface area (Å²) in [4.78, 5) is 16.4. The van der Waals surface area contributed by atoms with Crippen LogP contribution in [0.3, 0.4) is 0 Å². The van der Waals surface area contributed by atoms with E-state index in [2.05, 4.69) is 20.5 Å². The summed E-state index contributed by atoms with van der Waals surface area (Å²) in [6.45, 7) is 1.25. The van der Waals surface area contributed by atoms with Crippen LogP contribution in [0.4, 0.5) is 18.9 Å². The first-order valence-corrected chi connectivity index (χ1v) is 10.9. The Balaban J connectivity index is 1.47. The van der Waals surface area contributed by atoms with Crippen LogP contribution in [0.5, 0.6) is 0 Å². The van der Waals surface area contributed by atoms with Crippen molar-refractivity contribution >= 4 is 23.4 Å². The fourth-order valence-corrected chi connectivity index (χ4v) is 4.11. The van der Waals surface area contributed by atoms with Crippen molar-refractivity contribution < 1.29 is 22.7 Å². The first-order valence-electron chi connectivity index (χ1n) is 9.95. The second kappa shape index (κ2) is 9.70. The number of nitrogens with one attached hydrogen (secondary N) is 1. The van der Waals surface area contributed by atoms with E-state index in [1.165, 1.54) is 23.9 Å². The number of benzene rings is 1. The van der Waals surface area contributed by atoms with Crippen molar-refractivity contribution in [2.24, 2.45) is 0 Å². The predicted octanol–water partition coefficient (Wildman–Crippen LogP) is 4.27. The Morgan fingerprint density at radius 2 is 2.03 bits per heavy atom. The molecule has 0 bridgehead atoms. The van der Waals surface area contributed by atoms with Crippen LogP contribution in [0.15, 0.2) is 53.9 Å². The monoisotopic (exact) mass is 463 g/mol. The van der Waals surface area contributed by atoms with Crippen LogP contribution in [0, 0.1) is 0 Å². The molecule has 1 aliphatic rings. The molecular formula is C21H20F3N5O2S. The quantitative estimate of drug-likeness (QED) is 0.527. The second-order valence-electron chi connectivity index (χ2n) is 7.20. The zero-order valence-electron chi connectivity index (χ0n) is 16.9. The van der Waals surface area contributed by atoms with E-state index in [1.54, 1.807) is 12.4 Å². The Kier molecular flexibility index (Phi) is 6.75. The summed E-state index contributed by atoms with van der Waals surface area (Å²) in [5, 5.41) is 11.6. The third kappa shape index (κ3) is 5.46. The molecule has 2 aromatic heterocycles. The molecule has 168 valence electrons. The van der Waals surface area contributed by atoms with Gasteiger partial charge >= 0.3 is 6.18 Å². The van der Waals surface area contributed by atoms with Crippen LogP contribution >= 0.6 is 11.8 Å². The number of halogens is 3. The van der Waals surface area contributed by atoms with E-state index < -0.39 is 17.6 Å². The largest absolute Gasteiger partial charge is 0.416 e. The maximum absolute atomic E-state index is 12.9. The molecule has 0 spiro atoms. The molecular weight excluding hydrogens is 443 g/mol. The van der Waals surface area contributed by atoms with Crippen LogP contribution < -0.4 is 5.32 Å². The number of carbonyl (C=O) groups is 1. The lowest BCUT2D eigenvalue weighted by Gasteiger charge is -2.14. The highest BCUT2D eigenvalue weighted by Crippen LogP contribution is 2.31. The van der Waals surface area contributed by atoms with E-state index in [1.807, 2.05) is 16.7 Å². The molecule has 0 unspecified atom stereocenters. The van der Waals surface area contributed by atoms with Gasteiger partial charge in [0.1, 0.15) is 0 Å². The number of carbonyl (C=O) groups excluding carboxylic acids is 1. The molecule has 1 saturated heterocycles. The van der Waals surface area contributed by atoms with Crippen LogP contribution in [0.2, 0.25) is 0 Å². The van der Waals surface area contributed by atoms with Crippen LogP contribution in [-0.4, -0.2) is 44.1 Å². The van der Waals surface area contributed by atoms with Crippen LogP contribution in [-0.2, 0) is 22.3 Å². The van der Waals surface area contributed by atoms with Gasteiger partial charge in [0.05, 0.1) is 24.0 Å². The molecule has 1 N–H and O–H groups in total. The summed E-state index contributed by atoms with van der Waals surface area (Å²) in [6.07, 6.45) is 0.793. The maximum Gasteiger partial charge on any atom is 0.416 e. The highest BCUT2D eigenvalue weighted by atomic mass is 32.2. The molecule has 0 radical (unpaired) electrons. The minimum atomic E-state index is -4.47. The number of thioether (sulfide) groups is 1. The number of nitrogens with zero attached hydrogens (tertiary/aromatic N) is 4. The van der Waals surface area contributed by atoms with Crippen molar-refractivity contribution in [3.63, 3.8) is 0 Å². The first kappa shape index (κ1) is 22.3. The molecule has 1 amide bonds. The Labute approximate surface area is 186 Å². The van der Waals surface area contributed by atoms with Gasteiger partial charge in [-0.05, 0) is 43.2 Å². The topological polar surface area (TPSA) is 81.9 Å². The van der Waals surface area contributed by atoms with Crippen molar-refractivity contribution in [2.75, 3.05) is 17.7 Å². The summed E-state index contributed by atoms with van der Waals surface area (Å²) < 4.78 is 46.3. The first-order chi connectivity index (χ1) is 15.4. The summed E-state index contributed by atoms with van der Waals surface area (Å²) in [6, 6.07) is 8.18. The van der Waals surface area contributed by atoms with Gasteiger partial charge in [-0.25, -0.2) is 0 Å². The minimum Gasteiger partial charge on any atom is -0.376 e. The van der Waals surface area contributed by atoms with Crippen LogP contribution in [0.25, 0.3) is 11.4 Å². The lowest BCUT2D eigenvalue weighted by atomic mass is 10.2. The molecule has 4 rings (SSSR count). The summed E-state index contributed by atoms with van der Waals surface area (Å²) in [7, 11) is 0. The molecule has 1 atom stereocenters. The molecule has 11 heteroatoms. The molecule has 7 nitrogen and oxygen atoms in total. The van der Waals surface area contributed by atoms with Crippen molar-refractivity contribution in [3.8, 4) is 11.4 Å². The van der Waals surface area contributed by atoms with Crippen LogP contribution in [0.1, 0.15) is 18.4 Å². The van der Waals surface area contributed by atoms with Crippen molar-refractivity contribution in [1.29, 1.82) is 0 Å². The zero-order valence-corrected chi connectivity index (χ0v) is 17.7. The van der Waals surface area contributed by atoms with Gasteiger partial charge in [-0.15, -0.1) is 10.2 Å². The standard InChI is InChI=1S/C21H20F3N5O2S/c22-21(23,24)15-3-1-4-16(11-15)26-18(30)13-32-20-28-27-19(14-6-8-25-9-7-14)29(20)12-17-5-2-10-31-17/h1,3-4,6-9,11,17H,2,5,10,12-13H2,(H,26,30)/t17-/m0/s1. The van der Waals surface area contributed by atoms with Gasteiger partial charge in [-0.2, -0.15) is 13.2 Å². The molecule has 1 fully saturated rings. The van der Waals surface area contributed by atoms with E-state index in [0.717, 1.165) is 30.5 Å². The van der Waals surface area contributed by atoms with E-state index in [4.69, 9.17) is 4.74 Å². The Morgan fingerprint density at radius 1 is 1.22 bits per heavy atom. The number of amides is 1. The van der Waals surface area contributed by atoms with Gasteiger partial charge in [-0.3, -0.25) is 14.3 Å². The average molecular weight is 463 g/mol. The van der Waals surface area contributed by atoms with E-state index in [0.29, 0.717) is 24.1 Å². The molecule has 0 aliphatic carbocycles. The Bertz CT molecular complexity index is 1070. The van der Waals surface area contributed by atoms with Gasteiger partial charge in [-0.1, -0.05) is 17.8 Å². The number of hydrogen-bond donors (Lipinski definition) is 1. The smallest absolute Gasteiger partial charge is 0.376 e. The lowest BCUT2D eigenvalue weighted by Crippen LogP contribution is -2.18. The highest BCUT2D eigenvalue weighted by Gasteiger charge is 2.30. The zero-order chi connectivity index (χ0) is 22.6. The molecule has 1 aliphatic heterocycles. The Hall–Kier alpha value is -2.92. The fourth-order valence-electron chi connectivity index (χ4n) is 3.37. The Morgan fingerprint density at radius 3 is 2.75 bits per heavy atom. The maximum atomic E-state index is 12.9. The number of aromatic nitrogens is 4. The number of rotatable bonds is 7. The van der Waals surface area contributed by atoms with Crippen molar-refractivity contribution in [1.82, 2.24) is 19.7 Å². The average Bonchev–Trinajstić information content (AvgIpc) is 3.43. The summed E-state index contributed by atoms with van der Waals surface area (Å²) in [5.41, 5.74) is 0.107. The van der Waals surface area contributed by atoms with Crippen molar-refractivity contribution in [2.45, 2.75) is 36.8 Å². The number of alkyl halides is 3. The minimum absolute atomic E-state index is 0.0315. The van der Waals surface area contributed by atoms with Gasteiger partial charge in [0.25, 0.3) is 0 Å². The third-order valence-corrected chi connectivity index (χ3v) is 5.84. The highest BCUT2D eigenvalue weighted by molar-refractivity contribution is 7.99. The van der Waals surface area contributed by atoms with Crippen molar-refractivity contribution in [3.05, 3.63) is 54.4 Å². The number of pyridine rings is 1. The van der Waals surface area contributed by atoms with E-state index >= 15 is 0 Å². The van der Waals surface area contributed by atoms with Gasteiger partial charge in [0.2, 0.25) is 5.91 Å². The van der Waals surface area contributed by atoms with E-state index in [9.17, 15) is 18.0 Å². The molecule has 32 heavy (non-hydrogen) atoms. The predicted molar refractivity (Wildman–Crippen MR) is 113 cm³/mol. The number of anilines is 1. The normalized spacial score (nSPS) is 16.3.